The van der Waals surface area contributed by atoms with E-state index in [1.54, 1.807) is 17.0 Å². The van der Waals surface area contributed by atoms with Gasteiger partial charge in [-0.25, -0.2) is 8.42 Å². The van der Waals surface area contributed by atoms with Gasteiger partial charge in [-0.15, -0.1) is 0 Å². The minimum atomic E-state index is -3.60. The van der Waals surface area contributed by atoms with Crippen LogP contribution >= 0.6 is 0 Å². The maximum absolute atomic E-state index is 13.2. The fraction of sp³-hybridized carbons (Fsp3) is 0.261. The molecule has 0 aromatic heterocycles. The average molecular weight is 409 g/mol. The minimum absolute atomic E-state index is 0.0429. The number of fused-ring (bicyclic) bond motifs is 1. The third kappa shape index (κ3) is 4.04. The molecule has 0 saturated carbocycles. The van der Waals surface area contributed by atoms with Crippen LogP contribution in [0.5, 0.6) is 0 Å². The van der Waals surface area contributed by atoms with E-state index in [2.05, 4.69) is 0 Å². The second-order valence-corrected chi connectivity index (χ2v) is 9.37. The Morgan fingerprint density at radius 1 is 0.828 bits per heavy atom. The summed E-state index contributed by atoms with van der Waals surface area (Å²) >= 11 is 0. The van der Waals surface area contributed by atoms with Crippen molar-refractivity contribution >= 4 is 26.7 Å². The summed E-state index contributed by atoms with van der Waals surface area (Å²) in [5, 5.41) is 1.91. The number of sulfonamides is 1. The molecule has 0 atom stereocenters. The van der Waals surface area contributed by atoms with Gasteiger partial charge in [-0.1, -0.05) is 48.0 Å². The number of benzene rings is 3. The molecule has 6 heteroatoms. The highest BCUT2D eigenvalue weighted by molar-refractivity contribution is 7.89. The maximum atomic E-state index is 13.2. The van der Waals surface area contributed by atoms with Crippen LogP contribution in [0.25, 0.3) is 10.8 Å². The van der Waals surface area contributed by atoms with E-state index in [9.17, 15) is 13.2 Å². The summed E-state index contributed by atoms with van der Waals surface area (Å²) in [6, 6.07) is 20.5. The Bertz CT molecular complexity index is 1160. The zero-order valence-corrected chi connectivity index (χ0v) is 17.2. The first kappa shape index (κ1) is 19.6. The van der Waals surface area contributed by atoms with Crippen molar-refractivity contribution in [3.05, 3.63) is 77.9 Å². The second kappa shape index (κ2) is 7.97. The zero-order valence-electron chi connectivity index (χ0n) is 16.4. The molecule has 3 aromatic carbocycles. The van der Waals surface area contributed by atoms with E-state index in [4.69, 9.17) is 0 Å². The molecule has 29 heavy (non-hydrogen) atoms. The number of nitrogens with zero attached hydrogens (tertiary/aromatic N) is 2. The molecule has 3 aromatic rings. The zero-order chi connectivity index (χ0) is 20.4. The number of amides is 1. The lowest BCUT2D eigenvalue weighted by Crippen LogP contribution is -2.37. The summed E-state index contributed by atoms with van der Waals surface area (Å²) in [6.07, 6.45) is 0.615. The Balaban J connectivity index is 1.53. The van der Waals surface area contributed by atoms with Crippen LogP contribution in [0.1, 0.15) is 22.3 Å². The molecular weight excluding hydrogens is 384 g/mol. The number of hydrogen-bond acceptors (Lipinski definition) is 3. The smallest absolute Gasteiger partial charge is 0.253 e. The summed E-state index contributed by atoms with van der Waals surface area (Å²) < 4.78 is 27.9. The SMILES string of the molecule is Cc1cccc(C(=O)N2CCCN(S(=O)(=O)c3ccc4ccccc4c3)CC2)c1. The van der Waals surface area contributed by atoms with E-state index in [0.29, 0.717) is 43.1 Å². The van der Waals surface area contributed by atoms with E-state index < -0.39 is 10.0 Å². The molecule has 1 saturated heterocycles. The van der Waals surface area contributed by atoms with E-state index in [-0.39, 0.29) is 5.91 Å². The summed E-state index contributed by atoms with van der Waals surface area (Å²) in [6.45, 7) is 3.60. The van der Waals surface area contributed by atoms with Gasteiger partial charge in [0.05, 0.1) is 4.90 Å². The molecule has 1 aliphatic heterocycles. The molecule has 1 amide bonds. The molecule has 150 valence electrons. The normalized spacial score (nSPS) is 16.0. The van der Waals surface area contributed by atoms with Gasteiger partial charge >= 0.3 is 0 Å². The third-order valence-corrected chi connectivity index (χ3v) is 7.26. The van der Waals surface area contributed by atoms with Crippen molar-refractivity contribution in [1.82, 2.24) is 9.21 Å². The lowest BCUT2D eigenvalue weighted by atomic mass is 10.1. The summed E-state index contributed by atoms with van der Waals surface area (Å²) in [4.78, 5) is 14.9. The number of carbonyl (C=O) groups excluding carboxylic acids is 1. The Hall–Kier alpha value is -2.70. The molecule has 1 heterocycles. The molecule has 0 bridgehead atoms. The molecule has 5 nitrogen and oxygen atoms in total. The fourth-order valence-electron chi connectivity index (χ4n) is 3.77. The van der Waals surface area contributed by atoms with Crippen LogP contribution in [0, 0.1) is 6.92 Å². The van der Waals surface area contributed by atoms with Crippen molar-refractivity contribution in [3.8, 4) is 0 Å². The first-order valence-electron chi connectivity index (χ1n) is 9.80. The highest BCUT2D eigenvalue weighted by atomic mass is 32.2. The van der Waals surface area contributed by atoms with Crippen molar-refractivity contribution in [2.45, 2.75) is 18.2 Å². The molecular formula is C23H24N2O3S. The Labute approximate surface area is 171 Å². The van der Waals surface area contributed by atoms with Gasteiger partial charge in [0.25, 0.3) is 5.91 Å². The molecule has 0 aliphatic carbocycles. The van der Waals surface area contributed by atoms with Gasteiger partial charge in [0, 0.05) is 31.7 Å². The van der Waals surface area contributed by atoms with Crippen molar-refractivity contribution < 1.29 is 13.2 Å². The van der Waals surface area contributed by atoms with Crippen molar-refractivity contribution in [3.63, 3.8) is 0 Å². The standard InChI is InChI=1S/C23H24N2O3S/c1-18-6-4-9-21(16-18)23(26)24-12-5-13-25(15-14-24)29(27,28)22-11-10-19-7-2-3-8-20(19)17-22/h2-4,6-11,16-17H,5,12-15H2,1H3. The van der Waals surface area contributed by atoms with Crippen LogP contribution in [-0.4, -0.2) is 49.7 Å². The van der Waals surface area contributed by atoms with Gasteiger partial charge in [-0.05, 0) is 48.4 Å². The highest BCUT2D eigenvalue weighted by Gasteiger charge is 2.28. The first-order chi connectivity index (χ1) is 13.9. The van der Waals surface area contributed by atoms with Crippen LogP contribution in [0.3, 0.4) is 0 Å². The van der Waals surface area contributed by atoms with E-state index in [1.807, 2.05) is 61.5 Å². The van der Waals surface area contributed by atoms with Crippen LogP contribution in [0.4, 0.5) is 0 Å². The Morgan fingerprint density at radius 3 is 2.41 bits per heavy atom. The Morgan fingerprint density at radius 2 is 1.62 bits per heavy atom. The van der Waals surface area contributed by atoms with Gasteiger partial charge in [0.1, 0.15) is 0 Å². The molecule has 0 unspecified atom stereocenters. The molecule has 0 spiro atoms. The fourth-order valence-corrected chi connectivity index (χ4v) is 5.28. The van der Waals surface area contributed by atoms with Crippen LogP contribution < -0.4 is 0 Å². The summed E-state index contributed by atoms with van der Waals surface area (Å²) in [5.74, 6) is -0.0429. The number of rotatable bonds is 3. The van der Waals surface area contributed by atoms with Crippen molar-refractivity contribution in [2.75, 3.05) is 26.2 Å². The van der Waals surface area contributed by atoms with E-state index >= 15 is 0 Å². The van der Waals surface area contributed by atoms with Crippen molar-refractivity contribution in [2.24, 2.45) is 0 Å². The predicted molar refractivity (Wildman–Crippen MR) is 114 cm³/mol. The van der Waals surface area contributed by atoms with Gasteiger partial charge in [0.15, 0.2) is 0 Å². The van der Waals surface area contributed by atoms with Crippen LogP contribution in [0.2, 0.25) is 0 Å². The Kier molecular flexibility index (Phi) is 5.39. The summed E-state index contributed by atoms with van der Waals surface area (Å²) in [5.41, 5.74) is 1.68. The average Bonchev–Trinajstić information content (AvgIpc) is 2.99. The maximum Gasteiger partial charge on any atom is 0.253 e. The van der Waals surface area contributed by atoms with Gasteiger partial charge < -0.3 is 4.90 Å². The quantitative estimate of drug-likeness (QED) is 0.664. The van der Waals surface area contributed by atoms with Crippen molar-refractivity contribution in [1.29, 1.82) is 0 Å². The van der Waals surface area contributed by atoms with E-state index in [0.717, 1.165) is 16.3 Å². The monoisotopic (exact) mass is 408 g/mol. The topological polar surface area (TPSA) is 57.7 Å². The molecule has 4 rings (SSSR count). The molecule has 0 N–H and O–H groups in total. The largest absolute Gasteiger partial charge is 0.337 e. The predicted octanol–water partition coefficient (Wildman–Crippen LogP) is 3.69. The minimum Gasteiger partial charge on any atom is -0.337 e. The molecule has 1 fully saturated rings. The third-order valence-electron chi connectivity index (χ3n) is 5.37. The summed E-state index contributed by atoms with van der Waals surface area (Å²) in [7, 11) is -3.60. The lowest BCUT2D eigenvalue weighted by molar-refractivity contribution is 0.0764. The molecule has 0 radical (unpaired) electrons. The highest BCUT2D eigenvalue weighted by Crippen LogP contribution is 2.23. The van der Waals surface area contributed by atoms with Gasteiger partial charge in [-0.2, -0.15) is 4.31 Å². The van der Waals surface area contributed by atoms with Crippen LogP contribution in [0.15, 0.2) is 71.6 Å². The van der Waals surface area contributed by atoms with Gasteiger partial charge in [-0.3, -0.25) is 4.79 Å². The number of aryl methyl sites for hydroxylation is 1. The number of hydrogen-bond donors (Lipinski definition) is 0. The number of carbonyl (C=O) groups is 1. The van der Waals surface area contributed by atoms with Gasteiger partial charge in [0.2, 0.25) is 10.0 Å². The van der Waals surface area contributed by atoms with Crippen LogP contribution in [-0.2, 0) is 10.0 Å². The second-order valence-electron chi connectivity index (χ2n) is 7.43. The molecule has 1 aliphatic rings. The first-order valence-corrected chi connectivity index (χ1v) is 11.2. The lowest BCUT2D eigenvalue weighted by Gasteiger charge is -2.22. The van der Waals surface area contributed by atoms with E-state index in [1.165, 1.54) is 4.31 Å².